The summed E-state index contributed by atoms with van der Waals surface area (Å²) in [5, 5.41) is 13.1. The molecule has 3 heterocycles. The van der Waals surface area contributed by atoms with Crippen molar-refractivity contribution < 1.29 is 4.42 Å². The number of aromatic nitrogens is 2. The highest BCUT2D eigenvalue weighted by Crippen LogP contribution is 2.48. The third-order valence-corrected chi connectivity index (χ3v) is 11.6. The Morgan fingerprint density at radius 2 is 1.73 bits per heavy atom. The summed E-state index contributed by atoms with van der Waals surface area (Å²) in [7, 11) is 0. The van der Waals surface area contributed by atoms with Gasteiger partial charge in [-0.1, -0.05) is 80.6 Å². The topological polar surface area (TPSA) is 46.8 Å². The van der Waals surface area contributed by atoms with Crippen LogP contribution in [0.5, 0.6) is 0 Å². The second-order valence-electron chi connectivity index (χ2n) is 14.7. The fraction of sp³-hybridized carbons (Fsp3) is 0.267. The Hall–Kier alpha value is -5.27. The number of aryl methyl sites for hydroxylation is 1. The third-order valence-electron chi connectivity index (χ3n) is 11.6. The van der Waals surface area contributed by atoms with E-state index in [0.717, 1.165) is 73.3 Å². The van der Waals surface area contributed by atoms with E-state index in [1.165, 1.54) is 67.6 Å². The summed E-state index contributed by atoms with van der Waals surface area (Å²) in [4.78, 5) is 0. The molecule has 0 saturated heterocycles. The first-order valence-corrected chi connectivity index (χ1v) is 18.1. The highest BCUT2D eigenvalue weighted by atomic mass is 16.3. The summed E-state index contributed by atoms with van der Waals surface area (Å²) in [5.41, 5.74) is 15.6. The maximum atomic E-state index is 10.6. The van der Waals surface area contributed by atoms with E-state index in [1.807, 2.05) is 12.1 Å². The molecule has 6 aromatic rings. The maximum Gasteiger partial charge on any atom is 0.140 e. The van der Waals surface area contributed by atoms with Crippen molar-refractivity contribution in [2.45, 2.75) is 65.2 Å². The molecule has 0 fully saturated rings. The average Bonchev–Trinajstić information content (AvgIpc) is 3.78. The summed E-state index contributed by atoms with van der Waals surface area (Å²) < 4.78 is 11.8. The molecule has 4 nitrogen and oxygen atoms in total. The zero-order valence-corrected chi connectivity index (χ0v) is 28.2. The van der Waals surface area contributed by atoms with Crippen molar-refractivity contribution in [1.29, 1.82) is 5.26 Å². The van der Waals surface area contributed by atoms with Crippen LogP contribution in [0.15, 0.2) is 89.4 Å². The second-order valence-corrected chi connectivity index (χ2v) is 14.7. The molecular formula is C45H39N3O. The Balaban J connectivity index is 1.24. The molecule has 2 unspecified atom stereocenters. The molecule has 10 rings (SSSR count). The minimum absolute atomic E-state index is 0.491. The lowest BCUT2D eigenvalue weighted by Crippen LogP contribution is -2.15. The molecule has 240 valence electrons. The van der Waals surface area contributed by atoms with Gasteiger partial charge in [0.15, 0.2) is 0 Å². The van der Waals surface area contributed by atoms with Gasteiger partial charge in [-0.05, 0) is 92.2 Å². The van der Waals surface area contributed by atoms with Crippen LogP contribution in [0.4, 0.5) is 0 Å². The first kappa shape index (κ1) is 28.7. The van der Waals surface area contributed by atoms with Gasteiger partial charge in [-0.25, -0.2) is 0 Å². The number of benzene rings is 3. The second kappa shape index (κ2) is 10.9. The number of para-hydroxylation sites is 2. The smallest absolute Gasteiger partial charge is 0.140 e. The summed E-state index contributed by atoms with van der Waals surface area (Å²) in [6.07, 6.45) is 20.0. The van der Waals surface area contributed by atoms with Crippen LogP contribution in [-0.4, -0.2) is 9.13 Å². The van der Waals surface area contributed by atoms with Gasteiger partial charge >= 0.3 is 0 Å². The van der Waals surface area contributed by atoms with E-state index < -0.39 is 0 Å². The summed E-state index contributed by atoms with van der Waals surface area (Å²) in [6, 6.07) is 24.6. The van der Waals surface area contributed by atoms with Crippen LogP contribution >= 0.6 is 0 Å². The van der Waals surface area contributed by atoms with Crippen molar-refractivity contribution in [1.82, 2.24) is 9.13 Å². The van der Waals surface area contributed by atoms with Crippen molar-refractivity contribution in [2.24, 2.45) is 11.8 Å². The molecule has 3 aromatic carbocycles. The molecule has 2 atom stereocenters. The first-order chi connectivity index (χ1) is 24.1. The van der Waals surface area contributed by atoms with E-state index in [0.29, 0.717) is 17.4 Å². The Labute approximate surface area is 287 Å². The number of fused-ring (bicyclic) bond motifs is 10. The van der Waals surface area contributed by atoms with Crippen LogP contribution < -0.4 is 0 Å². The number of furan rings is 1. The lowest BCUT2D eigenvalue weighted by atomic mass is 9.87. The van der Waals surface area contributed by atoms with Crippen molar-refractivity contribution in [3.05, 3.63) is 124 Å². The Morgan fingerprint density at radius 3 is 2.61 bits per heavy atom. The van der Waals surface area contributed by atoms with E-state index in [4.69, 9.17) is 4.42 Å². The minimum atomic E-state index is 0.491. The number of hydrogen-bond acceptors (Lipinski definition) is 2. The maximum absolute atomic E-state index is 10.6. The van der Waals surface area contributed by atoms with Crippen LogP contribution in [0.1, 0.15) is 72.5 Å². The predicted molar refractivity (Wildman–Crippen MR) is 200 cm³/mol. The molecule has 0 N–H and O–H groups in total. The molecule has 49 heavy (non-hydrogen) atoms. The summed E-state index contributed by atoms with van der Waals surface area (Å²) in [6.45, 7) is 4.63. The Morgan fingerprint density at radius 1 is 0.816 bits per heavy atom. The van der Waals surface area contributed by atoms with Gasteiger partial charge < -0.3 is 13.6 Å². The minimum Gasteiger partial charge on any atom is -0.460 e. The fourth-order valence-corrected chi connectivity index (χ4v) is 9.29. The first-order valence-electron chi connectivity index (χ1n) is 18.1. The number of nitrogens with zero attached hydrogens (tertiary/aromatic N) is 3. The SMILES string of the molecule is CC1C=Cc2c(oc3c2CCc2c-3c3ccc(-c4cccc(C#N)c4-n4c5c(c6ccccc64)CCC(C)C5)cc3n2C2=CCCC=C2)C1. The molecule has 3 aromatic heterocycles. The van der Waals surface area contributed by atoms with Crippen molar-refractivity contribution in [3.8, 4) is 34.2 Å². The van der Waals surface area contributed by atoms with E-state index in [2.05, 4.69) is 108 Å². The van der Waals surface area contributed by atoms with E-state index >= 15 is 0 Å². The van der Waals surface area contributed by atoms with Gasteiger partial charge in [0.2, 0.25) is 0 Å². The molecule has 0 saturated carbocycles. The van der Waals surface area contributed by atoms with Crippen LogP contribution in [0.2, 0.25) is 0 Å². The lowest BCUT2D eigenvalue weighted by Gasteiger charge is -2.23. The van der Waals surface area contributed by atoms with Crippen molar-refractivity contribution in [2.75, 3.05) is 0 Å². The van der Waals surface area contributed by atoms with Crippen molar-refractivity contribution in [3.63, 3.8) is 0 Å². The molecule has 0 amide bonds. The summed E-state index contributed by atoms with van der Waals surface area (Å²) in [5.74, 6) is 3.29. The van der Waals surface area contributed by atoms with Gasteiger partial charge in [0.05, 0.1) is 22.3 Å². The van der Waals surface area contributed by atoms with Crippen LogP contribution in [0.25, 0.3) is 61.7 Å². The monoisotopic (exact) mass is 637 g/mol. The van der Waals surface area contributed by atoms with Crippen molar-refractivity contribution >= 4 is 33.6 Å². The zero-order valence-electron chi connectivity index (χ0n) is 28.2. The Kier molecular flexibility index (Phi) is 6.37. The number of allylic oxidation sites excluding steroid dienone is 5. The quantitative estimate of drug-likeness (QED) is 0.194. The van der Waals surface area contributed by atoms with Gasteiger partial charge in [-0.2, -0.15) is 5.26 Å². The Bertz CT molecular complexity index is 2500. The van der Waals surface area contributed by atoms with Gasteiger partial charge in [0.1, 0.15) is 17.6 Å². The zero-order chi connectivity index (χ0) is 32.8. The molecule has 0 aliphatic heterocycles. The summed E-state index contributed by atoms with van der Waals surface area (Å²) >= 11 is 0. The van der Waals surface area contributed by atoms with Gasteiger partial charge in [0, 0.05) is 56.5 Å². The van der Waals surface area contributed by atoms with E-state index in [-0.39, 0.29) is 0 Å². The highest BCUT2D eigenvalue weighted by Gasteiger charge is 2.33. The van der Waals surface area contributed by atoms with Gasteiger partial charge in [0.25, 0.3) is 0 Å². The predicted octanol–water partition coefficient (Wildman–Crippen LogP) is 11.0. The number of rotatable bonds is 3. The fourth-order valence-electron chi connectivity index (χ4n) is 9.29. The normalized spacial score (nSPS) is 19.3. The molecular weight excluding hydrogens is 599 g/mol. The molecule has 4 heteroatoms. The highest BCUT2D eigenvalue weighted by molar-refractivity contribution is 6.03. The largest absolute Gasteiger partial charge is 0.460 e. The molecule has 0 radical (unpaired) electrons. The average molecular weight is 638 g/mol. The standard InChI is InChI=1S/C45H39N3O/c1-27-15-18-34-33-12-6-7-14-38(33)48(40(34)23-27)44-30(26-46)9-8-13-32(44)29-17-20-37-41(25-29)47(31-10-4-3-5-11-31)39-22-21-36-35-19-16-28(2)24-42(35)49-45(36)43(37)39/h4,6-14,16-17,19-20,25,27-28H,3,5,15,18,21-24H2,1-2H3. The number of nitriles is 1. The van der Waals surface area contributed by atoms with Gasteiger partial charge in [-0.3, -0.25) is 0 Å². The van der Waals surface area contributed by atoms with Gasteiger partial charge in [-0.15, -0.1) is 0 Å². The number of hydrogen-bond donors (Lipinski definition) is 0. The molecule has 4 aliphatic carbocycles. The third kappa shape index (κ3) is 4.21. The van der Waals surface area contributed by atoms with E-state index in [9.17, 15) is 5.26 Å². The molecule has 0 spiro atoms. The molecule has 4 aliphatic rings. The molecule has 0 bridgehead atoms. The lowest BCUT2D eigenvalue weighted by molar-refractivity contribution is 0.491. The van der Waals surface area contributed by atoms with E-state index in [1.54, 1.807) is 0 Å². The van der Waals surface area contributed by atoms with Crippen LogP contribution in [0, 0.1) is 23.2 Å². The van der Waals surface area contributed by atoms with Crippen LogP contribution in [-0.2, 0) is 32.1 Å². The van der Waals surface area contributed by atoms with Crippen LogP contribution in [0.3, 0.4) is 0 Å².